The Morgan fingerprint density at radius 3 is 2.90 bits per heavy atom. The topological polar surface area (TPSA) is 46.4 Å². The molecule has 0 saturated heterocycles. The van der Waals surface area contributed by atoms with Gasteiger partial charge in [0.25, 0.3) is 5.91 Å². The Labute approximate surface area is 124 Å². The normalized spacial score (nSPS) is 10.7. The number of amides is 1. The number of pyridine rings is 1. The molecule has 1 amide bonds. The number of carbonyl (C=O) groups is 1. The maximum atomic E-state index is 12.2. The first-order valence-electron chi connectivity index (χ1n) is 6.15. The fourth-order valence-corrected chi connectivity index (χ4v) is 2.54. The second kappa shape index (κ2) is 5.09. The monoisotopic (exact) mass is 329 g/mol. The summed E-state index contributed by atoms with van der Waals surface area (Å²) >= 11 is 3.44. The second-order valence-electron chi connectivity index (χ2n) is 4.53. The highest BCUT2D eigenvalue weighted by atomic mass is 79.9. The van der Waals surface area contributed by atoms with Crippen molar-refractivity contribution in [2.45, 2.75) is 6.92 Å². The quantitative estimate of drug-likeness (QED) is 0.779. The number of aryl methyl sites for hydroxylation is 1. The Morgan fingerprint density at radius 2 is 2.15 bits per heavy atom. The Morgan fingerprint density at radius 1 is 1.30 bits per heavy atom. The number of hydrogen-bond acceptors (Lipinski definition) is 2. The molecule has 1 N–H and O–H groups in total. The SMILES string of the molecule is Cc1ccc(NC(=O)c2cn3ccccc3n2)c(Br)c1. The smallest absolute Gasteiger partial charge is 0.275 e. The van der Waals surface area contributed by atoms with Gasteiger partial charge >= 0.3 is 0 Å². The van der Waals surface area contributed by atoms with Crippen molar-refractivity contribution in [3.05, 3.63) is 64.5 Å². The van der Waals surface area contributed by atoms with E-state index in [1.165, 1.54) is 0 Å². The Hall–Kier alpha value is -2.14. The minimum atomic E-state index is -0.224. The summed E-state index contributed by atoms with van der Waals surface area (Å²) in [5.41, 5.74) is 3.00. The van der Waals surface area contributed by atoms with Crippen LogP contribution in [0.15, 0.2) is 53.3 Å². The van der Waals surface area contributed by atoms with Crippen LogP contribution in [0.3, 0.4) is 0 Å². The van der Waals surface area contributed by atoms with Gasteiger partial charge < -0.3 is 9.72 Å². The van der Waals surface area contributed by atoms with Crippen molar-refractivity contribution < 1.29 is 4.79 Å². The molecule has 5 heteroatoms. The Bertz CT molecular complexity index is 762. The molecule has 0 saturated carbocycles. The van der Waals surface area contributed by atoms with Crippen LogP contribution in [0.4, 0.5) is 5.69 Å². The molecule has 0 aliphatic heterocycles. The second-order valence-corrected chi connectivity index (χ2v) is 5.38. The Kier molecular flexibility index (Phi) is 3.28. The van der Waals surface area contributed by atoms with Crippen molar-refractivity contribution in [1.82, 2.24) is 9.38 Å². The van der Waals surface area contributed by atoms with Crippen LogP contribution < -0.4 is 5.32 Å². The van der Waals surface area contributed by atoms with Crippen molar-refractivity contribution in [2.75, 3.05) is 5.32 Å². The van der Waals surface area contributed by atoms with Gasteiger partial charge in [0.05, 0.1) is 5.69 Å². The van der Waals surface area contributed by atoms with E-state index in [0.29, 0.717) is 5.69 Å². The van der Waals surface area contributed by atoms with Gasteiger partial charge in [0.1, 0.15) is 11.3 Å². The number of fused-ring (bicyclic) bond motifs is 1. The maximum Gasteiger partial charge on any atom is 0.275 e. The van der Waals surface area contributed by atoms with Crippen LogP contribution in [0.1, 0.15) is 16.1 Å². The molecule has 0 atom stereocenters. The molecule has 2 heterocycles. The predicted octanol–water partition coefficient (Wildman–Crippen LogP) is 3.66. The highest BCUT2D eigenvalue weighted by Gasteiger charge is 2.12. The number of benzene rings is 1. The standard InChI is InChI=1S/C15H12BrN3O/c1-10-5-6-12(11(16)8-10)18-15(20)13-9-19-7-3-2-4-14(19)17-13/h2-9H,1H3,(H,18,20). The molecule has 100 valence electrons. The molecule has 0 unspecified atom stereocenters. The molecule has 20 heavy (non-hydrogen) atoms. The molecule has 3 aromatic rings. The van der Waals surface area contributed by atoms with Gasteiger partial charge in [-0.3, -0.25) is 4.79 Å². The number of carbonyl (C=O) groups excluding carboxylic acids is 1. The summed E-state index contributed by atoms with van der Waals surface area (Å²) in [6.07, 6.45) is 3.58. The van der Waals surface area contributed by atoms with E-state index in [4.69, 9.17) is 0 Å². The molecule has 0 fully saturated rings. The maximum absolute atomic E-state index is 12.2. The number of halogens is 1. The summed E-state index contributed by atoms with van der Waals surface area (Å²) in [5.74, 6) is -0.224. The summed E-state index contributed by atoms with van der Waals surface area (Å²) in [4.78, 5) is 16.5. The van der Waals surface area contributed by atoms with Gasteiger partial charge in [-0.15, -0.1) is 0 Å². The van der Waals surface area contributed by atoms with E-state index in [9.17, 15) is 4.79 Å². The van der Waals surface area contributed by atoms with E-state index < -0.39 is 0 Å². The lowest BCUT2D eigenvalue weighted by atomic mass is 10.2. The summed E-state index contributed by atoms with van der Waals surface area (Å²) in [7, 11) is 0. The Balaban J connectivity index is 1.89. The predicted molar refractivity (Wildman–Crippen MR) is 82.0 cm³/mol. The summed E-state index contributed by atoms with van der Waals surface area (Å²) in [6, 6.07) is 11.4. The lowest BCUT2D eigenvalue weighted by Crippen LogP contribution is -2.12. The highest BCUT2D eigenvalue weighted by Crippen LogP contribution is 2.23. The van der Waals surface area contributed by atoms with Crippen LogP contribution in [-0.2, 0) is 0 Å². The molecule has 0 radical (unpaired) electrons. The van der Waals surface area contributed by atoms with Gasteiger partial charge in [0.2, 0.25) is 0 Å². The molecule has 2 aromatic heterocycles. The van der Waals surface area contributed by atoms with Gasteiger partial charge in [-0.05, 0) is 52.7 Å². The molecule has 0 aliphatic carbocycles. The lowest BCUT2D eigenvalue weighted by molar-refractivity contribution is 0.102. The largest absolute Gasteiger partial charge is 0.320 e. The number of rotatable bonds is 2. The zero-order valence-electron chi connectivity index (χ0n) is 10.8. The van der Waals surface area contributed by atoms with Crippen molar-refractivity contribution in [2.24, 2.45) is 0 Å². The van der Waals surface area contributed by atoms with E-state index in [1.807, 2.05) is 53.9 Å². The fraction of sp³-hybridized carbons (Fsp3) is 0.0667. The van der Waals surface area contributed by atoms with E-state index in [1.54, 1.807) is 6.20 Å². The first-order chi connectivity index (χ1) is 9.63. The highest BCUT2D eigenvalue weighted by molar-refractivity contribution is 9.10. The van der Waals surface area contributed by atoms with Crippen molar-refractivity contribution in [3.8, 4) is 0 Å². The third-order valence-corrected chi connectivity index (χ3v) is 3.63. The van der Waals surface area contributed by atoms with Crippen molar-refractivity contribution in [1.29, 1.82) is 0 Å². The number of hydrogen-bond donors (Lipinski definition) is 1. The van der Waals surface area contributed by atoms with Gasteiger partial charge in [-0.1, -0.05) is 12.1 Å². The van der Waals surface area contributed by atoms with Crippen molar-refractivity contribution in [3.63, 3.8) is 0 Å². The van der Waals surface area contributed by atoms with Crippen LogP contribution in [0.5, 0.6) is 0 Å². The number of aromatic nitrogens is 2. The number of imidazole rings is 1. The molecular weight excluding hydrogens is 318 g/mol. The van der Waals surface area contributed by atoms with Crippen molar-refractivity contribution >= 4 is 33.2 Å². The molecule has 0 spiro atoms. The van der Waals surface area contributed by atoms with Crippen LogP contribution in [0.25, 0.3) is 5.65 Å². The average molecular weight is 330 g/mol. The third-order valence-electron chi connectivity index (χ3n) is 2.97. The summed E-state index contributed by atoms with van der Waals surface area (Å²) in [6.45, 7) is 2.00. The zero-order valence-corrected chi connectivity index (χ0v) is 12.4. The van der Waals surface area contributed by atoms with Gasteiger partial charge in [-0.2, -0.15) is 0 Å². The minimum Gasteiger partial charge on any atom is -0.320 e. The first-order valence-corrected chi connectivity index (χ1v) is 6.94. The minimum absolute atomic E-state index is 0.224. The summed E-state index contributed by atoms with van der Waals surface area (Å²) < 4.78 is 2.67. The third kappa shape index (κ3) is 2.44. The van der Waals surface area contributed by atoms with E-state index in [-0.39, 0.29) is 5.91 Å². The number of anilines is 1. The molecular formula is C15H12BrN3O. The van der Waals surface area contributed by atoms with Crippen LogP contribution in [0, 0.1) is 6.92 Å². The van der Waals surface area contributed by atoms with E-state index >= 15 is 0 Å². The van der Waals surface area contributed by atoms with Crippen LogP contribution in [-0.4, -0.2) is 15.3 Å². The summed E-state index contributed by atoms with van der Waals surface area (Å²) in [5, 5.41) is 2.85. The molecule has 1 aromatic carbocycles. The van der Waals surface area contributed by atoms with Crippen LogP contribution >= 0.6 is 15.9 Å². The molecule has 0 aliphatic rings. The number of nitrogens with zero attached hydrogens (tertiary/aromatic N) is 2. The molecule has 3 rings (SSSR count). The molecule has 0 bridgehead atoms. The fourth-order valence-electron chi connectivity index (χ4n) is 1.95. The number of nitrogens with one attached hydrogen (secondary N) is 1. The zero-order chi connectivity index (χ0) is 14.1. The van der Waals surface area contributed by atoms with Crippen LogP contribution in [0.2, 0.25) is 0 Å². The van der Waals surface area contributed by atoms with E-state index in [0.717, 1.165) is 21.4 Å². The van der Waals surface area contributed by atoms with Gasteiger partial charge in [0, 0.05) is 16.9 Å². The van der Waals surface area contributed by atoms with Gasteiger partial charge in [-0.25, -0.2) is 4.98 Å². The van der Waals surface area contributed by atoms with Gasteiger partial charge in [0.15, 0.2) is 0 Å². The van der Waals surface area contributed by atoms with E-state index in [2.05, 4.69) is 26.2 Å². The molecule has 4 nitrogen and oxygen atoms in total. The lowest BCUT2D eigenvalue weighted by Gasteiger charge is -2.06. The average Bonchev–Trinajstić information content (AvgIpc) is 2.86. The first kappa shape index (κ1) is 12.9.